The molecule has 2 unspecified atom stereocenters. The van der Waals surface area contributed by atoms with Gasteiger partial charge in [0.2, 0.25) is 0 Å². The molecule has 0 aromatic heterocycles. The summed E-state index contributed by atoms with van der Waals surface area (Å²) in [5.41, 5.74) is 2.78. The maximum atomic E-state index is 3.82. The number of hydrogen-bond acceptors (Lipinski definition) is 1. The van der Waals surface area contributed by atoms with E-state index in [1.54, 1.807) is 0 Å². The smallest absolute Gasteiger partial charge is 0.0294 e. The lowest BCUT2D eigenvalue weighted by Crippen LogP contribution is -2.34. The van der Waals surface area contributed by atoms with Crippen molar-refractivity contribution >= 4 is 0 Å². The molecule has 1 aromatic rings. The first-order chi connectivity index (χ1) is 8.20. The highest BCUT2D eigenvalue weighted by Gasteiger charge is 2.26. The maximum absolute atomic E-state index is 3.82. The molecule has 0 heterocycles. The summed E-state index contributed by atoms with van der Waals surface area (Å²) in [6, 6.07) is 10.1. The topological polar surface area (TPSA) is 12.0 Å². The molecule has 0 saturated heterocycles. The predicted molar refractivity (Wildman–Crippen MR) is 74.1 cm³/mol. The normalized spacial score (nSPS) is 26.1. The summed E-state index contributed by atoms with van der Waals surface area (Å²) in [4.78, 5) is 0. The summed E-state index contributed by atoms with van der Waals surface area (Å²) in [6.45, 7) is 6.78. The summed E-state index contributed by atoms with van der Waals surface area (Å²) < 4.78 is 0. The Kier molecular flexibility index (Phi) is 4.22. The van der Waals surface area contributed by atoms with E-state index in [9.17, 15) is 0 Å². The highest BCUT2D eigenvalue weighted by atomic mass is 15.0. The third-order valence-electron chi connectivity index (χ3n) is 4.19. The van der Waals surface area contributed by atoms with Crippen LogP contribution in [0.5, 0.6) is 0 Å². The molecule has 1 aliphatic rings. The first kappa shape index (κ1) is 12.6. The molecule has 0 bridgehead atoms. The number of aryl methyl sites for hydroxylation is 1. The van der Waals surface area contributed by atoms with Crippen molar-refractivity contribution in [2.24, 2.45) is 5.92 Å². The number of nitrogens with one attached hydrogen (secondary N) is 1. The molecular weight excluding hydrogens is 206 g/mol. The third-order valence-corrected chi connectivity index (χ3v) is 4.19. The Morgan fingerprint density at radius 2 is 2.18 bits per heavy atom. The maximum Gasteiger partial charge on any atom is 0.0294 e. The van der Waals surface area contributed by atoms with Gasteiger partial charge in [0, 0.05) is 12.1 Å². The number of benzene rings is 1. The molecule has 0 spiro atoms. The molecule has 1 aromatic carbocycles. The minimum absolute atomic E-state index is 0.479. The highest BCUT2D eigenvalue weighted by Crippen LogP contribution is 2.30. The number of rotatable bonds is 4. The fourth-order valence-corrected chi connectivity index (χ4v) is 3.10. The molecule has 0 amide bonds. The van der Waals surface area contributed by atoms with Gasteiger partial charge in [0.25, 0.3) is 0 Å². The Morgan fingerprint density at radius 3 is 2.88 bits per heavy atom. The summed E-state index contributed by atoms with van der Waals surface area (Å²) in [5, 5.41) is 3.82. The van der Waals surface area contributed by atoms with Crippen LogP contribution >= 0.6 is 0 Å². The van der Waals surface area contributed by atoms with Crippen LogP contribution in [0.4, 0.5) is 0 Å². The summed E-state index contributed by atoms with van der Waals surface area (Å²) in [6.07, 6.45) is 5.48. The molecule has 0 radical (unpaired) electrons. The summed E-state index contributed by atoms with van der Waals surface area (Å²) in [7, 11) is 0. The van der Waals surface area contributed by atoms with E-state index >= 15 is 0 Å². The van der Waals surface area contributed by atoms with Crippen molar-refractivity contribution in [1.82, 2.24) is 5.32 Å². The minimum Gasteiger partial charge on any atom is -0.307 e. The van der Waals surface area contributed by atoms with Crippen LogP contribution in [0.25, 0.3) is 0 Å². The monoisotopic (exact) mass is 231 g/mol. The Hall–Kier alpha value is -0.820. The van der Waals surface area contributed by atoms with E-state index in [1.807, 2.05) is 0 Å². The molecule has 17 heavy (non-hydrogen) atoms. The van der Waals surface area contributed by atoms with Crippen LogP contribution in [-0.4, -0.2) is 6.04 Å². The van der Waals surface area contributed by atoms with Crippen molar-refractivity contribution in [2.45, 2.75) is 58.5 Å². The lowest BCUT2D eigenvalue weighted by molar-refractivity contribution is 0.360. The summed E-state index contributed by atoms with van der Waals surface area (Å²) in [5.74, 6) is 0.891. The molecule has 1 N–H and O–H groups in total. The van der Waals surface area contributed by atoms with Gasteiger partial charge >= 0.3 is 0 Å². The van der Waals surface area contributed by atoms with Crippen LogP contribution in [-0.2, 0) is 0 Å². The standard InChI is InChI=1S/C16H25N/c1-4-14-8-6-10-16(14)17-13(3)15-9-5-7-12(2)11-15/h5,7,9,11,13-14,16-17H,4,6,8,10H2,1-3H3/t13-,14?,16?/m1/s1. The van der Waals surface area contributed by atoms with Crippen molar-refractivity contribution in [3.05, 3.63) is 35.4 Å². The van der Waals surface area contributed by atoms with Crippen LogP contribution in [0.15, 0.2) is 24.3 Å². The van der Waals surface area contributed by atoms with Gasteiger partial charge in [-0.1, -0.05) is 49.6 Å². The Balaban J connectivity index is 1.99. The van der Waals surface area contributed by atoms with Gasteiger partial charge in [0.05, 0.1) is 0 Å². The van der Waals surface area contributed by atoms with Gasteiger partial charge in [-0.2, -0.15) is 0 Å². The fourth-order valence-electron chi connectivity index (χ4n) is 3.10. The van der Waals surface area contributed by atoms with Gasteiger partial charge in [-0.15, -0.1) is 0 Å². The lowest BCUT2D eigenvalue weighted by Gasteiger charge is -2.24. The zero-order valence-electron chi connectivity index (χ0n) is 11.4. The SMILES string of the molecule is CCC1CCCC1N[C@H](C)c1cccc(C)c1. The van der Waals surface area contributed by atoms with Crippen molar-refractivity contribution < 1.29 is 0 Å². The van der Waals surface area contributed by atoms with Crippen molar-refractivity contribution in [2.75, 3.05) is 0 Å². The van der Waals surface area contributed by atoms with E-state index in [1.165, 1.54) is 36.8 Å². The zero-order valence-corrected chi connectivity index (χ0v) is 11.4. The molecule has 1 nitrogen and oxygen atoms in total. The molecule has 1 saturated carbocycles. The van der Waals surface area contributed by atoms with Gasteiger partial charge < -0.3 is 5.32 Å². The van der Waals surface area contributed by atoms with Crippen LogP contribution in [0.3, 0.4) is 0 Å². The van der Waals surface area contributed by atoms with Crippen molar-refractivity contribution in [3.8, 4) is 0 Å². The first-order valence-electron chi connectivity index (χ1n) is 7.03. The fraction of sp³-hybridized carbons (Fsp3) is 0.625. The van der Waals surface area contributed by atoms with E-state index in [4.69, 9.17) is 0 Å². The molecule has 1 aliphatic carbocycles. The molecule has 1 heteroatoms. The van der Waals surface area contributed by atoms with Crippen molar-refractivity contribution in [3.63, 3.8) is 0 Å². The average molecular weight is 231 g/mol. The molecule has 0 aliphatic heterocycles. The Bertz CT molecular complexity index is 358. The van der Waals surface area contributed by atoms with Crippen LogP contribution < -0.4 is 5.32 Å². The van der Waals surface area contributed by atoms with E-state index in [0.717, 1.165) is 12.0 Å². The second-order valence-corrected chi connectivity index (χ2v) is 5.51. The highest BCUT2D eigenvalue weighted by molar-refractivity contribution is 5.24. The average Bonchev–Trinajstić information content (AvgIpc) is 2.76. The van der Waals surface area contributed by atoms with Gasteiger partial charge in [-0.05, 0) is 38.2 Å². The van der Waals surface area contributed by atoms with Gasteiger partial charge in [0.15, 0.2) is 0 Å². The Labute approximate surface area is 106 Å². The van der Waals surface area contributed by atoms with Crippen LogP contribution in [0.1, 0.15) is 56.7 Å². The van der Waals surface area contributed by atoms with Crippen molar-refractivity contribution in [1.29, 1.82) is 0 Å². The minimum atomic E-state index is 0.479. The van der Waals surface area contributed by atoms with Crippen LogP contribution in [0, 0.1) is 12.8 Å². The summed E-state index contributed by atoms with van der Waals surface area (Å²) >= 11 is 0. The second kappa shape index (κ2) is 5.68. The van der Waals surface area contributed by atoms with Gasteiger partial charge in [0.1, 0.15) is 0 Å². The number of hydrogen-bond donors (Lipinski definition) is 1. The quantitative estimate of drug-likeness (QED) is 0.818. The van der Waals surface area contributed by atoms with Crippen LogP contribution in [0.2, 0.25) is 0 Å². The van der Waals surface area contributed by atoms with Gasteiger partial charge in [-0.25, -0.2) is 0 Å². The van der Waals surface area contributed by atoms with E-state index in [0.29, 0.717) is 6.04 Å². The molecule has 3 atom stereocenters. The second-order valence-electron chi connectivity index (χ2n) is 5.51. The lowest BCUT2D eigenvalue weighted by atomic mass is 9.98. The van der Waals surface area contributed by atoms with E-state index < -0.39 is 0 Å². The largest absolute Gasteiger partial charge is 0.307 e. The molecule has 1 fully saturated rings. The van der Waals surface area contributed by atoms with E-state index in [-0.39, 0.29) is 0 Å². The van der Waals surface area contributed by atoms with E-state index in [2.05, 4.69) is 50.4 Å². The van der Waals surface area contributed by atoms with Gasteiger partial charge in [-0.3, -0.25) is 0 Å². The predicted octanol–water partition coefficient (Wildman–Crippen LogP) is 4.22. The zero-order chi connectivity index (χ0) is 12.3. The molecule has 2 rings (SSSR count). The Morgan fingerprint density at radius 1 is 1.35 bits per heavy atom. The first-order valence-corrected chi connectivity index (χ1v) is 7.03. The third kappa shape index (κ3) is 3.10. The molecule has 94 valence electrons. The molecular formula is C16H25N.